The van der Waals surface area contributed by atoms with Crippen LogP contribution in [0.2, 0.25) is 0 Å². The number of hydrogen-bond acceptors (Lipinski definition) is 5. The Kier molecular flexibility index (Phi) is 4.37. The van der Waals surface area contributed by atoms with Gasteiger partial charge in [0, 0.05) is 0 Å². The highest BCUT2D eigenvalue weighted by Gasteiger charge is 2.12. The molecule has 0 saturated heterocycles. The fourth-order valence-electron chi connectivity index (χ4n) is 2.06. The second-order valence-electron chi connectivity index (χ2n) is 4.71. The van der Waals surface area contributed by atoms with E-state index in [4.69, 9.17) is 0 Å². The van der Waals surface area contributed by atoms with Crippen LogP contribution in [0.15, 0.2) is 52.9 Å². The quantitative estimate of drug-likeness (QED) is 0.708. The topological polar surface area (TPSA) is 59.1 Å². The maximum Gasteiger partial charge on any atom is 0.236 e. The lowest BCUT2D eigenvalue weighted by atomic mass is 10.2. The van der Waals surface area contributed by atoms with Crippen LogP contribution in [0.3, 0.4) is 0 Å². The van der Waals surface area contributed by atoms with Crippen molar-refractivity contribution in [1.82, 2.24) is 4.98 Å². The molecule has 0 amide bonds. The van der Waals surface area contributed by atoms with E-state index in [0.717, 1.165) is 20.1 Å². The molecule has 1 N–H and O–H groups in total. The van der Waals surface area contributed by atoms with E-state index in [1.54, 1.807) is 41.3 Å². The Hall–Kier alpha value is -1.57. The fraction of sp³-hybridized carbons (Fsp3) is 0.133. The zero-order valence-corrected chi connectivity index (χ0v) is 14.3. The summed E-state index contributed by atoms with van der Waals surface area (Å²) in [7, 11) is -3.43. The summed E-state index contributed by atoms with van der Waals surface area (Å²) in [5.41, 5.74) is 2.22. The van der Waals surface area contributed by atoms with Crippen molar-refractivity contribution >= 4 is 49.0 Å². The molecule has 3 aromatic rings. The van der Waals surface area contributed by atoms with Gasteiger partial charge in [-0.15, -0.1) is 11.3 Å². The zero-order chi connectivity index (χ0) is 15.6. The highest BCUT2D eigenvalue weighted by Crippen LogP contribution is 2.30. The van der Waals surface area contributed by atoms with E-state index < -0.39 is 10.0 Å². The number of rotatable bonds is 5. The van der Waals surface area contributed by atoms with Gasteiger partial charge in [0.1, 0.15) is 0 Å². The summed E-state index contributed by atoms with van der Waals surface area (Å²) in [4.78, 5) is 4.44. The second-order valence-corrected chi connectivity index (χ2v) is 8.52. The zero-order valence-electron chi connectivity index (χ0n) is 11.8. The highest BCUT2D eigenvalue weighted by molar-refractivity contribution is 8.00. The van der Waals surface area contributed by atoms with E-state index >= 15 is 0 Å². The molecule has 4 nitrogen and oxygen atoms in total. The van der Waals surface area contributed by atoms with Crippen LogP contribution in [0, 0.1) is 0 Å². The monoisotopic (exact) mass is 350 g/mol. The minimum atomic E-state index is -3.43. The second kappa shape index (κ2) is 6.28. The SMILES string of the molecule is CSc1nc2ccc(NS(=O)(=O)Cc3ccccc3)cc2s1. The highest BCUT2D eigenvalue weighted by atomic mass is 32.2. The van der Waals surface area contributed by atoms with Crippen molar-refractivity contribution in [2.45, 2.75) is 10.1 Å². The summed E-state index contributed by atoms with van der Waals surface area (Å²) in [5.74, 6) is -0.0371. The number of anilines is 1. The van der Waals surface area contributed by atoms with Crippen molar-refractivity contribution in [2.24, 2.45) is 0 Å². The minimum Gasteiger partial charge on any atom is -0.283 e. The number of benzene rings is 2. The van der Waals surface area contributed by atoms with E-state index in [1.165, 1.54) is 0 Å². The van der Waals surface area contributed by atoms with Crippen LogP contribution in [-0.2, 0) is 15.8 Å². The first-order valence-corrected chi connectivity index (χ1v) is 10.2. The molecule has 22 heavy (non-hydrogen) atoms. The van der Waals surface area contributed by atoms with Gasteiger partial charge in [-0.05, 0) is 30.0 Å². The molecule has 0 unspecified atom stereocenters. The Balaban J connectivity index is 1.82. The fourth-order valence-corrected chi connectivity index (χ4v) is 4.78. The van der Waals surface area contributed by atoms with Crippen molar-refractivity contribution < 1.29 is 8.42 Å². The Morgan fingerprint density at radius 1 is 1.18 bits per heavy atom. The first-order valence-electron chi connectivity index (χ1n) is 6.55. The van der Waals surface area contributed by atoms with Crippen LogP contribution < -0.4 is 4.72 Å². The first kappa shape index (κ1) is 15.3. The van der Waals surface area contributed by atoms with Gasteiger partial charge in [-0.2, -0.15) is 0 Å². The molecule has 114 valence electrons. The van der Waals surface area contributed by atoms with Crippen molar-refractivity contribution in [3.8, 4) is 0 Å². The summed E-state index contributed by atoms with van der Waals surface area (Å²) in [6.07, 6.45) is 1.97. The van der Waals surface area contributed by atoms with E-state index in [-0.39, 0.29) is 5.75 Å². The summed E-state index contributed by atoms with van der Waals surface area (Å²) < 4.78 is 29.1. The van der Waals surface area contributed by atoms with Crippen LogP contribution in [0.1, 0.15) is 5.56 Å². The molecule has 0 radical (unpaired) electrons. The van der Waals surface area contributed by atoms with Gasteiger partial charge >= 0.3 is 0 Å². The van der Waals surface area contributed by atoms with Gasteiger partial charge in [0.15, 0.2) is 4.34 Å². The Morgan fingerprint density at radius 3 is 2.68 bits per heavy atom. The Labute approximate surface area is 137 Å². The summed E-state index contributed by atoms with van der Waals surface area (Å²) in [6.45, 7) is 0. The molecular weight excluding hydrogens is 336 g/mol. The molecule has 0 spiro atoms. The molecule has 0 aliphatic rings. The van der Waals surface area contributed by atoms with Crippen LogP contribution in [-0.4, -0.2) is 19.7 Å². The van der Waals surface area contributed by atoms with Crippen LogP contribution >= 0.6 is 23.1 Å². The van der Waals surface area contributed by atoms with Crippen LogP contribution in [0.5, 0.6) is 0 Å². The Morgan fingerprint density at radius 2 is 1.95 bits per heavy atom. The van der Waals surface area contributed by atoms with Crippen molar-refractivity contribution in [2.75, 3.05) is 11.0 Å². The normalized spacial score (nSPS) is 11.7. The van der Waals surface area contributed by atoms with Gasteiger partial charge in [0.05, 0.1) is 21.7 Å². The lowest BCUT2D eigenvalue weighted by Gasteiger charge is -2.08. The summed E-state index contributed by atoms with van der Waals surface area (Å²) in [5, 5.41) is 0. The molecule has 7 heteroatoms. The predicted octanol–water partition coefficient (Wildman–Crippen LogP) is 3.96. The van der Waals surface area contributed by atoms with Crippen LogP contribution in [0.25, 0.3) is 10.2 Å². The first-order chi connectivity index (χ1) is 10.6. The number of thiazole rings is 1. The molecule has 2 aromatic carbocycles. The number of aromatic nitrogens is 1. The molecule has 1 aromatic heterocycles. The molecule has 0 aliphatic carbocycles. The molecular formula is C15H14N2O2S3. The third-order valence-electron chi connectivity index (χ3n) is 3.02. The third kappa shape index (κ3) is 3.60. The Bertz CT molecular complexity index is 890. The number of sulfonamides is 1. The number of thioether (sulfide) groups is 1. The molecule has 0 fully saturated rings. The smallest absolute Gasteiger partial charge is 0.236 e. The maximum absolute atomic E-state index is 12.2. The maximum atomic E-state index is 12.2. The van der Waals surface area contributed by atoms with Gasteiger partial charge in [0.2, 0.25) is 10.0 Å². The van der Waals surface area contributed by atoms with E-state index in [9.17, 15) is 8.42 Å². The standard InChI is InChI=1S/C15H14N2O2S3/c1-20-15-16-13-8-7-12(9-14(13)21-15)17-22(18,19)10-11-5-3-2-4-6-11/h2-9,17H,10H2,1H3. The van der Waals surface area contributed by atoms with Gasteiger partial charge < -0.3 is 0 Å². The molecule has 0 atom stereocenters. The van der Waals surface area contributed by atoms with Gasteiger partial charge in [-0.25, -0.2) is 13.4 Å². The number of fused-ring (bicyclic) bond motifs is 1. The van der Waals surface area contributed by atoms with Gasteiger partial charge in [0.25, 0.3) is 0 Å². The van der Waals surface area contributed by atoms with Gasteiger partial charge in [-0.1, -0.05) is 42.1 Å². The number of nitrogens with zero attached hydrogens (tertiary/aromatic N) is 1. The largest absolute Gasteiger partial charge is 0.283 e. The molecule has 0 bridgehead atoms. The van der Waals surface area contributed by atoms with Crippen LogP contribution in [0.4, 0.5) is 5.69 Å². The third-order valence-corrected chi connectivity index (χ3v) is 6.28. The van der Waals surface area contributed by atoms with Crippen molar-refractivity contribution in [3.63, 3.8) is 0 Å². The number of nitrogens with one attached hydrogen (secondary N) is 1. The predicted molar refractivity (Wildman–Crippen MR) is 94.1 cm³/mol. The lowest BCUT2D eigenvalue weighted by Crippen LogP contribution is -2.14. The van der Waals surface area contributed by atoms with Gasteiger partial charge in [-0.3, -0.25) is 4.72 Å². The number of hydrogen-bond donors (Lipinski definition) is 1. The van der Waals surface area contributed by atoms with E-state index in [0.29, 0.717) is 5.69 Å². The van der Waals surface area contributed by atoms with Crippen molar-refractivity contribution in [1.29, 1.82) is 0 Å². The molecule has 0 aliphatic heterocycles. The molecule has 1 heterocycles. The lowest BCUT2D eigenvalue weighted by molar-refractivity contribution is 0.600. The molecule has 0 saturated carbocycles. The van der Waals surface area contributed by atoms with Crippen molar-refractivity contribution in [3.05, 3.63) is 54.1 Å². The minimum absolute atomic E-state index is 0.0371. The molecule has 3 rings (SSSR count). The van der Waals surface area contributed by atoms with E-state index in [2.05, 4.69) is 9.71 Å². The summed E-state index contributed by atoms with van der Waals surface area (Å²) in [6, 6.07) is 14.5. The average molecular weight is 350 g/mol. The van der Waals surface area contributed by atoms with E-state index in [1.807, 2.05) is 36.6 Å². The summed E-state index contributed by atoms with van der Waals surface area (Å²) >= 11 is 3.14. The average Bonchev–Trinajstić information content (AvgIpc) is 2.89.